The Morgan fingerprint density at radius 1 is 1.30 bits per heavy atom. The molecule has 1 unspecified atom stereocenters. The van der Waals surface area contributed by atoms with Crippen LogP contribution in [0.2, 0.25) is 0 Å². The number of rotatable bonds is 4. The normalized spacial score (nSPS) is 12.9. The summed E-state index contributed by atoms with van der Waals surface area (Å²) >= 11 is 0. The molecule has 1 N–H and O–H groups in total. The van der Waals surface area contributed by atoms with E-state index in [0.29, 0.717) is 0 Å². The first-order valence-electron chi connectivity index (χ1n) is 7.32. The molecule has 0 aliphatic rings. The first-order chi connectivity index (χ1) is 10.7. The third-order valence-corrected chi connectivity index (χ3v) is 3.38. The van der Waals surface area contributed by atoms with Gasteiger partial charge in [0.1, 0.15) is 17.2 Å². The zero-order valence-electron chi connectivity index (χ0n) is 13.7. The van der Waals surface area contributed by atoms with Gasteiger partial charge in [0.15, 0.2) is 0 Å². The highest BCUT2D eigenvalue weighted by Crippen LogP contribution is 2.19. The molecule has 6 heteroatoms. The highest BCUT2D eigenvalue weighted by molar-refractivity contribution is 5.81. The van der Waals surface area contributed by atoms with Crippen molar-refractivity contribution in [1.82, 2.24) is 4.90 Å². The Labute approximate surface area is 134 Å². The number of aliphatic carboxylic acids is 1. The van der Waals surface area contributed by atoms with Gasteiger partial charge in [-0.2, -0.15) is 0 Å². The number of carboxylic acid groups (broad SMARTS) is 1. The van der Waals surface area contributed by atoms with Crippen LogP contribution in [0, 0.1) is 0 Å². The zero-order chi connectivity index (χ0) is 17.2. The van der Waals surface area contributed by atoms with Crippen molar-refractivity contribution in [3.05, 3.63) is 36.1 Å². The van der Waals surface area contributed by atoms with E-state index in [4.69, 9.17) is 9.15 Å². The number of hydrogen-bond acceptors (Lipinski definition) is 4. The maximum absolute atomic E-state index is 12.1. The molecule has 0 radical (unpaired) electrons. The predicted octanol–water partition coefficient (Wildman–Crippen LogP) is 3.30. The number of ether oxygens (including phenoxy) is 1. The lowest BCUT2D eigenvalue weighted by molar-refractivity contribution is -0.142. The minimum absolute atomic E-state index is 0.187. The standard InChI is InChI=1S/C17H21NO5/c1-17(2,3)23-16(21)18(4)13(15(19)20)10-11-5-6-14-12(9-11)7-8-22-14/h5-9,13H,10H2,1-4H3,(H,19,20). The molecule has 0 spiro atoms. The summed E-state index contributed by atoms with van der Waals surface area (Å²) in [5, 5.41) is 10.4. The zero-order valence-corrected chi connectivity index (χ0v) is 13.7. The van der Waals surface area contributed by atoms with E-state index in [-0.39, 0.29) is 6.42 Å². The van der Waals surface area contributed by atoms with E-state index in [0.717, 1.165) is 21.4 Å². The van der Waals surface area contributed by atoms with Crippen LogP contribution in [0.1, 0.15) is 26.3 Å². The summed E-state index contributed by atoms with van der Waals surface area (Å²) in [6, 6.07) is 6.25. The largest absolute Gasteiger partial charge is 0.480 e. The van der Waals surface area contributed by atoms with Crippen LogP contribution in [-0.4, -0.2) is 40.8 Å². The first-order valence-corrected chi connectivity index (χ1v) is 7.32. The third kappa shape index (κ3) is 4.25. The number of carboxylic acids is 1. The molecule has 0 bridgehead atoms. The maximum Gasteiger partial charge on any atom is 0.410 e. The quantitative estimate of drug-likeness (QED) is 0.935. The molecule has 0 saturated carbocycles. The van der Waals surface area contributed by atoms with Gasteiger partial charge in [-0.3, -0.25) is 4.90 Å². The van der Waals surface area contributed by atoms with E-state index in [9.17, 15) is 14.7 Å². The van der Waals surface area contributed by atoms with Gasteiger partial charge < -0.3 is 14.3 Å². The Kier molecular flexibility index (Phi) is 4.63. The highest BCUT2D eigenvalue weighted by Gasteiger charge is 2.30. The summed E-state index contributed by atoms with van der Waals surface area (Å²) in [5.41, 5.74) is 0.868. The number of amides is 1. The molecule has 0 saturated heterocycles. The second-order valence-electron chi connectivity index (χ2n) is 6.44. The second-order valence-corrected chi connectivity index (χ2v) is 6.44. The minimum atomic E-state index is -1.08. The molecule has 1 aromatic heterocycles. The van der Waals surface area contributed by atoms with Crippen molar-refractivity contribution >= 4 is 23.0 Å². The SMILES string of the molecule is CN(C(=O)OC(C)(C)C)C(Cc1ccc2occc2c1)C(=O)O. The molecule has 2 aromatic rings. The molecule has 124 valence electrons. The predicted molar refractivity (Wildman–Crippen MR) is 85.3 cm³/mol. The molecule has 23 heavy (non-hydrogen) atoms. The number of likely N-dealkylation sites (N-methyl/N-ethyl adjacent to an activating group) is 1. The van der Waals surface area contributed by atoms with Gasteiger partial charge in [-0.1, -0.05) is 6.07 Å². The van der Waals surface area contributed by atoms with Gasteiger partial charge in [0.25, 0.3) is 0 Å². The number of furan rings is 1. The van der Waals surface area contributed by atoms with Gasteiger partial charge in [0.2, 0.25) is 0 Å². The number of carbonyl (C=O) groups excluding carboxylic acids is 1. The van der Waals surface area contributed by atoms with Crippen molar-refractivity contribution in [2.24, 2.45) is 0 Å². The minimum Gasteiger partial charge on any atom is -0.480 e. The number of benzene rings is 1. The molecule has 1 heterocycles. The van der Waals surface area contributed by atoms with Crippen molar-refractivity contribution in [2.45, 2.75) is 38.8 Å². The van der Waals surface area contributed by atoms with E-state index in [1.165, 1.54) is 7.05 Å². The van der Waals surface area contributed by atoms with Crippen LogP contribution in [0.5, 0.6) is 0 Å². The van der Waals surface area contributed by atoms with E-state index in [2.05, 4.69) is 0 Å². The summed E-state index contributed by atoms with van der Waals surface area (Å²) in [7, 11) is 1.43. The van der Waals surface area contributed by atoms with Crippen molar-refractivity contribution in [3.63, 3.8) is 0 Å². The fourth-order valence-electron chi connectivity index (χ4n) is 2.22. The topological polar surface area (TPSA) is 80.0 Å². The first kappa shape index (κ1) is 16.9. The Morgan fingerprint density at radius 3 is 2.61 bits per heavy atom. The second kappa shape index (κ2) is 6.32. The molecule has 1 atom stereocenters. The lowest BCUT2D eigenvalue weighted by Gasteiger charge is -2.28. The number of fused-ring (bicyclic) bond motifs is 1. The molecule has 2 rings (SSSR count). The van der Waals surface area contributed by atoms with Crippen molar-refractivity contribution < 1.29 is 23.8 Å². The average Bonchev–Trinajstić information content (AvgIpc) is 2.89. The van der Waals surface area contributed by atoms with E-state index in [1.54, 1.807) is 39.2 Å². The molecule has 0 aliphatic heterocycles. The number of hydrogen-bond donors (Lipinski definition) is 1. The summed E-state index contributed by atoms with van der Waals surface area (Å²) in [6.07, 6.45) is 1.11. The summed E-state index contributed by atoms with van der Waals surface area (Å²) in [5.74, 6) is -1.08. The van der Waals surface area contributed by atoms with Crippen LogP contribution in [0.4, 0.5) is 4.79 Å². The monoisotopic (exact) mass is 319 g/mol. The molecule has 1 aromatic carbocycles. The highest BCUT2D eigenvalue weighted by atomic mass is 16.6. The summed E-state index contributed by atoms with van der Waals surface area (Å²) in [6.45, 7) is 5.21. The van der Waals surface area contributed by atoms with Crippen LogP contribution in [0.3, 0.4) is 0 Å². The Morgan fingerprint density at radius 2 is 2.00 bits per heavy atom. The van der Waals surface area contributed by atoms with E-state index in [1.807, 2.05) is 12.1 Å². The van der Waals surface area contributed by atoms with Gasteiger partial charge in [-0.25, -0.2) is 9.59 Å². The van der Waals surface area contributed by atoms with Crippen LogP contribution in [0.15, 0.2) is 34.9 Å². The van der Waals surface area contributed by atoms with E-state index < -0.39 is 23.7 Å². The molecule has 0 aliphatic carbocycles. The Balaban J connectivity index is 2.17. The van der Waals surface area contributed by atoms with Crippen LogP contribution < -0.4 is 0 Å². The van der Waals surface area contributed by atoms with Crippen molar-refractivity contribution in [1.29, 1.82) is 0 Å². The van der Waals surface area contributed by atoms with Gasteiger partial charge >= 0.3 is 12.1 Å². The molecule has 6 nitrogen and oxygen atoms in total. The third-order valence-electron chi connectivity index (χ3n) is 3.38. The van der Waals surface area contributed by atoms with Gasteiger partial charge in [-0.05, 0) is 44.5 Å². The Bertz CT molecular complexity index is 713. The molecule has 0 fully saturated rings. The molecular weight excluding hydrogens is 298 g/mol. The van der Waals surface area contributed by atoms with E-state index >= 15 is 0 Å². The lowest BCUT2D eigenvalue weighted by Crippen LogP contribution is -2.46. The van der Waals surface area contributed by atoms with Gasteiger partial charge in [0, 0.05) is 18.9 Å². The molecular formula is C17H21NO5. The number of nitrogens with zero attached hydrogens (tertiary/aromatic N) is 1. The summed E-state index contributed by atoms with van der Waals surface area (Å²) in [4.78, 5) is 24.8. The maximum atomic E-state index is 12.1. The number of carbonyl (C=O) groups is 2. The fraction of sp³-hybridized carbons (Fsp3) is 0.412. The van der Waals surface area contributed by atoms with Crippen molar-refractivity contribution in [3.8, 4) is 0 Å². The molecule has 1 amide bonds. The summed E-state index contributed by atoms with van der Waals surface area (Å²) < 4.78 is 10.5. The van der Waals surface area contributed by atoms with Crippen LogP contribution in [0.25, 0.3) is 11.0 Å². The van der Waals surface area contributed by atoms with Gasteiger partial charge in [0.05, 0.1) is 6.26 Å². The Hall–Kier alpha value is -2.50. The smallest absolute Gasteiger partial charge is 0.410 e. The lowest BCUT2D eigenvalue weighted by atomic mass is 10.0. The van der Waals surface area contributed by atoms with Crippen LogP contribution >= 0.6 is 0 Å². The van der Waals surface area contributed by atoms with Crippen LogP contribution in [-0.2, 0) is 16.0 Å². The fourth-order valence-corrected chi connectivity index (χ4v) is 2.22. The average molecular weight is 319 g/mol. The van der Waals surface area contributed by atoms with Gasteiger partial charge in [-0.15, -0.1) is 0 Å². The van der Waals surface area contributed by atoms with Crippen molar-refractivity contribution in [2.75, 3.05) is 7.05 Å².